The van der Waals surface area contributed by atoms with Crippen LogP contribution in [-0.2, 0) is 31.2 Å². The van der Waals surface area contributed by atoms with Gasteiger partial charge in [0.2, 0.25) is 11.8 Å². The van der Waals surface area contributed by atoms with Gasteiger partial charge in [-0.25, -0.2) is 8.78 Å². The Morgan fingerprint density at radius 1 is 1.03 bits per heavy atom. The van der Waals surface area contributed by atoms with E-state index in [1.807, 2.05) is 0 Å². The molecule has 4 N–H and O–H groups in total. The van der Waals surface area contributed by atoms with Crippen molar-refractivity contribution in [2.24, 2.45) is 0 Å². The number of ether oxygens (including phenoxy) is 2. The summed E-state index contributed by atoms with van der Waals surface area (Å²) in [5.74, 6) is -1.43. The molecule has 192 valence electrons. The van der Waals surface area contributed by atoms with Crippen LogP contribution in [0.2, 0.25) is 10.0 Å². The minimum atomic E-state index is -4.67. The largest absolute Gasteiger partial charge is 0.394 e. The summed E-state index contributed by atoms with van der Waals surface area (Å²) in [6.07, 6.45) is 0.490. The summed E-state index contributed by atoms with van der Waals surface area (Å²) in [7, 11) is -1.95. The zero-order chi connectivity index (χ0) is 26.8. The summed E-state index contributed by atoms with van der Waals surface area (Å²) in [5, 5.41) is 3.88. The molecular weight excluding hydrogens is 537 g/mol. The molecule has 10 nitrogen and oxygen atoms in total. The van der Waals surface area contributed by atoms with Gasteiger partial charge in [-0.15, -0.1) is 0 Å². The molecule has 0 bridgehead atoms. The fourth-order valence-electron chi connectivity index (χ4n) is 2.39. The van der Waals surface area contributed by atoms with E-state index in [0.29, 0.717) is 16.3 Å². The minimum Gasteiger partial charge on any atom is -0.348 e. The van der Waals surface area contributed by atoms with E-state index in [2.05, 4.69) is 10.3 Å². The van der Waals surface area contributed by atoms with Crippen LogP contribution in [0.4, 0.5) is 8.78 Å². The molecule has 0 atom stereocenters. The zero-order valence-electron chi connectivity index (χ0n) is 18.1. The summed E-state index contributed by atoms with van der Waals surface area (Å²) in [6, 6.07) is 8.41. The number of rotatable bonds is 5. The van der Waals surface area contributed by atoms with Gasteiger partial charge in [0.15, 0.2) is 0 Å². The van der Waals surface area contributed by atoms with Gasteiger partial charge in [-0.3, -0.25) is 18.7 Å². The third-order valence-electron chi connectivity index (χ3n) is 3.88. The van der Waals surface area contributed by atoms with Crippen molar-refractivity contribution in [1.82, 2.24) is 10.3 Å². The molecule has 0 radical (unpaired) electrons. The Morgan fingerprint density at radius 3 is 2.14 bits per heavy atom. The van der Waals surface area contributed by atoms with Crippen molar-refractivity contribution in [2.45, 2.75) is 12.8 Å². The SMILES string of the molecule is COC(OC)C(=O)NCc1ccc(Cl)c(F)c1.O=S(=O)(O)O.O=c1cc2cc(Cl)c(F)cc2c[nH]1. The lowest BCUT2D eigenvalue weighted by molar-refractivity contribution is -0.159. The first-order valence-corrected chi connectivity index (χ1v) is 11.3. The maximum Gasteiger partial charge on any atom is 0.394 e. The fraction of sp³-hybridized carbons (Fsp3) is 0.200. The Balaban J connectivity index is 0.000000300. The van der Waals surface area contributed by atoms with E-state index in [9.17, 15) is 18.4 Å². The van der Waals surface area contributed by atoms with Crippen LogP contribution in [0.15, 0.2) is 47.4 Å². The Morgan fingerprint density at radius 2 is 1.60 bits per heavy atom. The molecule has 0 saturated carbocycles. The maximum atomic E-state index is 13.1. The average molecular weight is 557 g/mol. The highest BCUT2D eigenvalue weighted by Gasteiger charge is 2.15. The van der Waals surface area contributed by atoms with Crippen molar-refractivity contribution in [3.05, 3.63) is 80.2 Å². The van der Waals surface area contributed by atoms with Crippen LogP contribution in [0.5, 0.6) is 0 Å². The van der Waals surface area contributed by atoms with Gasteiger partial charge in [0.05, 0.1) is 10.0 Å². The average Bonchev–Trinajstić information content (AvgIpc) is 2.76. The smallest absolute Gasteiger partial charge is 0.348 e. The van der Waals surface area contributed by atoms with Gasteiger partial charge in [-0.05, 0) is 35.2 Å². The lowest BCUT2D eigenvalue weighted by atomic mass is 10.2. The topological polar surface area (TPSA) is 155 Å². The minimum absolute atomic E-state index is 0.0260. The number of hydrogen-bond acceptors (Lipinski definition) is 6. The van der Waals surface area contributed by atoms with E-state index >= 15 is 0 Å². The first-order chi connectivity index (χ1) is 16.2. The maximum absolute atomic E-state index is 13.1. The Kier molecular flexibility index (Phi) is 12.2. The van der Waals surface area contributed by atoms with E-state index in [-0.39, 0.29) is 22.1 Å². The number of carbonyl (C=O) groups is 1. The van der Waals surface area contributed by atoms with E-state index in [1.54, 1.807) is 6.07 Å². The highest BCUT2D eigenvalue weighted by atomic mass is 35.5. The van der Waals surface area contributed by atoms with Crippen LogP contribution >= 0.6 is 23.2 Å². The number of nitrogens with one attached hydrogen (secondary N) is 2. The molecule has 0 fully saturated rings. The third-order valence-corrected chi connectivity index (χ3v) is 4.47. The lowest BCUT2D eigenvalue weighted by Crippen LogP contribution is -2.36. The summed E-state index contributed by atoms with van der Waals surface area (Å²) in [4.78, 5) is 24.8. The number of amides is 1. The highest BCUT2D eigenvalue weighted by Crippen LogP contribution is 2.20. The molecule has 3 rings (SSSR count). The summed E-state index contributed by atoms with van der Waals surface area (Å²) < 4.78 is 67.1. The van der Waals surface area contributed by atoms with Gasteiger partial charge in [0, 0.05) is 38.4 Å². The molecule has 15 heteroatoms. The molecule has 0 unspecified atom stereocenters. The molecule has 3 aromatic rings. The molecule has 0 aliphatic heterocycles. The lowest BCUT2D eigenvalue weighted by Gasteiger charge is -2.13. The molecule has 0 aliphatic rings. The Hall–Kier alpha value is -2.65. The van der Waals surface area contributed by atoms with Crippen LogP contribution in [0, 0.1) is 11.6 Å². The number of halogens is 4. The number of methoxy groups -OCH3 is 2. The molecule has 35 heavy (non-hydrogen) atoms. The van der Waals surface area contributed by atoms with Gasteiger partial charge in [0.1, 0.15) is 11.6 Å². The summed E-state index contributed by atoms with van der Waals surface area (Å²) >= 11 is 11.1. The van der Waals surface area contributed by atoms with Crippen molar-refractivity contribution >= 4 is 50.3 Å². The molecule has 1 amide bonds. The number of benzene rings is 2. The second kappa shape index (κ2) is 14.0. The summed E-state index contributed by atoms with van der Waals surface area (Å²) in [5.41, 5.74) is 0.376. The Bertz CT molecular complexity index is 1310. The number of carbonyl (C=O) groups excluding carboxylic acids is 1. The second-order valence-corrected chi connectivity index (χ2v) is 8.12. The monoisotopic (exact) mass is 556 g/mol. The number of pyridine rings is 1. The van der Waals surface area contributed by atoms with E-state index in [0.717, 1.165) is 0 Å². The molecule has 2 aromatic carbocycles. The zero-order valence-corrected chi connectivity index (χ0v) is 20.4. The number of hydrogen-bond donors (Lipinski definition) is 4. The number of H-pyrrole nitrogens is 1. The molecular formula is C20H20Cl2F2N2O8S. The van der Waals surface area contributed by atoms with Crippen molar-refractivity contribution in [2.75, 3.05) is 14.2 Å². The van der Waals surface area contributed by atoms with Gasteiger partial charge >= 0.3 is 10.4 Å². The van der Waals surface area contributed by atoms with Gasteiger partial charge in [-0.1, -0.05) is 29.3 Å². The normalized spacial score (nSPS) is 10.8. The number of aromatic nitrogens is 1. The van der Waals surface area contributed by atoms with Gasteiger partial charge in [-0.2, -0.15) is 8.42 Å². The molecule has 0 saturated heterocycles. The van der Waals surface area contributed by atoms with Crippen LogP contribution in [0.1, 0.15) is 5.56 Å². The Labute approximate surface area is 208 Å². The van der Waals surface area contributed by atoms with Crippen LogP contribution in [0.25, 0.3) is 10.8 Å². The first kappa shape index (κ1) is 30.4. The van der Waals surface area contributed by atoms with E-state index in [4.69, 9.17) is 50.2 Å². The molecule has 0 aliphatic carbocycles. The van der Waals surface area contributed by atoms with Crippen LogP contribution in [0.3, 0.4) is 0 Å². The standard InChI is InChI=1S/C11H13ClFNO3.C9H5ClFNO.H2O4S/c1-16-11(17-2)10(15)14-6-7-3-4-8(12)9(13)5-7;10-7-1-5-3-9(13)12-4-6(5)2-8(7)11;1-5(2,3)4/h3-5,11H,6H2,1-2H3,(H,14,15);1-4H,(H,12,13);(H2,1,2,3,4). The van der Waals surface area contributed by atoms with Crippen molar-refractivity contribution in [3.63, 3.8) is 0 Å². The molecule has 1 heterocycles. The molecule has 0 spiro atoms. The van der Waals surface area contributed by atoms with Gasteiger partial charge < -0.3 is 19.8 Å². The quantitative estimate of drug-likeness (QED) is 0.275. The van der Waals surface area contributed by atoms with E-state index < -0.39 is 34.2 Å². The van der Waals surface area contributed by atoms with Crippen LogP contribution < -0.4 is 10.9 Å². The predicted octanol–water partition coefficient (Wildman–Crippen LogP) is 3.38. The van der Waals surface area contributed by atoms with Crippen molar-refractivity contribution in [1.29, 1.82) is 0 Å². The first-order valence-electron chi connectivity index (χ1n) is 9.19. The molecule has 1 aromatic heterocycles. The third kappa shape index (κ3) is 11.6. The fourth-order valence-corrected chi connectivity index (χ4v) is 2.68. The number of fused-ring (bicyclic) bond motifs is 1. The predicted molar refractivity (Wildman–Crippen MR) is 125 cm³/mol. The highest BCUT2D eigenvalue weighted by molar-refractivity contribution is 7.79. The van der Waals surface area contributed by atoms with Crippen molar-refractivity contribution in [3.8, 4) is 0 Å². The van der Waals surface area contributed by atoms with E-state index in [1.165, 1.54) is 50.7 Å². The van der Waals surface area contributed by atoms with Gasteiger partial charge in [0.25, 0.3) is 5.91 Å². The van der Waals surface area contributed by atoms with Crippen molar-refractivity contribution < 1.29 is 40.6 Å². The second-order valence-electron chi connectivity index (χ2n) is 6.41. The number of aromatic amines is 1. The summed E-state index contributed by atoms with van der Waals surface area (Å²) in [6.45, 7) is 0.177. The van der Waals surface area contributed by atoms with Crippen LogP contribution in [-0.4, -0.2) is 48.9 Å².